The van der Waals surface area contributed by atoms with Crippen LogP contribution in [0.1, 0.15) is 10.4 Å². The zero-order valence-electron chi connectivity index (χ0n) is 8.14. The minimum atomic E-state index is -0.420. The smallest absolute Gasteiger partial charge is 0.150 e. The summed E-state index contributed by atoms with van der Waals surface area (Å²) >= 11 is 0. The van der Waals surface area contributed by atoms with Gasteiger partial charge in [0.25, 0.3) is 0 Å². The molecular formula is C11H9FN2O. The van der Waals surface area contributed by atoms with E-state index in [2.05, 4.69) is 5.10 Å². The summed E-state index contributed by atoms with van der Waals surface area (Å²) in [5, 5.41) is 4.15. The van der Waals surface area contributed by atoms with Crippen molar-refractivity contribution in [3.05, 3.63) is 41.8 Å². The summed E-state index contributed by atoms with van der Waals surface area (Å²) in [5.74, 6) is -0.420. The molecule has 1 aromatic carbocycles. The average molecular weight is 204 g/mol. The van der Waals surface area contributed by atoms with Gasteiger partial charge in [0, 0.05) is 24.4 Å². The maximum absolute atomic E-state index is 12.9. The molecule has 0 atom stereocenters. The predicted molar refractivity (Wildman–Crippen MR) is 54.0 cm³/mol. The van der Waals surface area contributed by atoms with Crippen LogP contribution in [0.3, 0.4) is 0 Å². The van der Waals surface area contributed by atoms with Crippen molar-refractivity contribution in [2.75, 3.05) is 0 Å². The Bertz CT molecular complexity index is 505. The number of hydrogen-bond donors (Lipinski definition) is 0. The van der Waals surface area contributed by atoms with E-state index in [4.69, 9.17) is 0 Å². The number of nitrogens with zero attached hydrogens (tertiary/aromatic N) is 2. The molecular weight excluding hydrogens is 195 g/mol. The summed E-state index contributed by atoms with van der Waals surface area (Å²) in [7, 11) is 1.79. The van der Waals surface area contributed by atoms with E-state index in [-0.39, 0.29) is 0 Å². The van der Waals surface area contributed by atoms with Crippen LogP contribution < -0.4 is 0 Å². The number of rotatable bonds is 2. The van der Waals surface area contributed by atoms with Crippen LogP contribution in [-0.4, -0.2) is 16.1 Å². The highest BCUT2D eigenvalue weighted by Crippen LogP contribution is 2.21. The predicted octanol–water partition coefficient (Wildman–Crippen LogP) is 2.04. The third-order valence-corrected chi connectivity index (χ3v) is 2.13. The first-order chi connectivity index (χ1) is 7.20. The van der Waals surface area contributed by atoms with Gasteiger partial charge in [-0.2, -0.15) is 5.10 Å². The lowest BCUT2D eigenvalue weighted by molar-refractivity contribution is 0.112. The third-order valence-electron chi connectivity index (χ3n) is 2.13. The van der Waals surface area contributed by atoms with E-state index in [9.17, 15) is 9.18 Å². The molecule has 0 bridgehead atoms. The first-order valence-electron chi connectivity index (χ1n) is 4.45. The molecule has 0 amide bonds. The van der Waals surface area contributed by atoms with Crippen molar-refractivity contribution in [3.63, 3.8) is 0 Å². The van der Waals surface area contributed by atoms with E-state index in [0.717, 1.165) is 0 Å². The molecule has 0 saturated carbocycles. The van der Waals surface area contributed by atoms with Gasteiger partial charge in [-0.3, -0.25) is 9.48 Å². The summed E-state index contributed by atoms with van der Waals surface area (Å²) in [4.78, 5) is 10.8. The normalized spacial score (nSPS) is 10.3. The van der Waals surface area contributed by atoms with Crippen LogP contribution in [0.2, 0.25) is 0 Å². The fourth-order valence-electron chi connectivity index (χ4n) is 1.42. The van der Waals surface area contributed by atoms with Crippen molar-refractivity contribution in [3.8, 4) is 11.3 Å². The lowest BCUT2D eigenvalue weighted by Crippen LogP contribution is -1.92. The number of aldehydes is 1. The Labute approximate surface area is 86.2 Å². The number of halogens is 1. The van der Waals surface area contributed by atoms with Gasteiger partial charge in [-0.15, -0.1) is 0 Å². The maximum Gasteiger partial charge on any atom is 0.150 e. The summed E-state index contributed by atoms with van der Waals surface area (Å²) in [6, 6.07) is 5.86. The molecule has 2 rings (SSSR count). The number of aryl methyl sites for hydroxylation is 1. The quantitative estimate of drug-likeness (QED) is 0.701. The molecule has 0 N–H and O–H groups in total. The Morgan fingerprint density at radius 3 is 2.80 bits per heavy atom. The fraction of sp³-hybridized carbons (Fsp3) is 0.0909. The Hall–Kier alpha value is -1.97. The maximum atomic E-state index is 12.9. The van der Waals surface area contributed by atoms with E-state index in [1.165, 1.54) is 12.1 Å². The lowest BCUT2D eigenvalue weighted by Gasteiger charge is -2.00. The highest BCUT2D eigenvalue weighted by atomic mass is 19.1. The minimum absolute atomic E-state index is 0.314. The summed E-state index contributed by atoms with van der Waals surface area (Å²) in [6.45, 7) is 0. The highest BCUT2D eigenvalue weighted by Gasteiger charge is 2.07. The Kier molecular flexibility index (Phi) is 2.33. The van der Waals surface area contributed by atoms with Crippen molar-refractivity contribution < 1.29 is 9.18 Å². The number of benzene rings is 1. The van der Waals surface area contributed by atoms with Crippen LogP contribution in [0.4, 0.5) is 4.39 Å². The molecule has 0 radical (unpaired) electrons. The van der Waals surface area contributed by atoms with Crippen LogP contribution in [0, 0.1) is 5.82 Å². The summed E-state index contributed by atoms with van der Waals surface area (Å²) in [5.41, 5.74) is 1.63. The van der Waals surface area contributed by atoms with Crippen LogP contribution in [0.25, 0.3) is 11.3 Å². The van der Waals surface area contributed by atoms with Crippen LogP contribution in [0.15, 0.2) is 30.5 Å². The van der Waals surface area contributed by atoms with Gasteiger partial charge in [-0.1, -0.05) is 0 Å². The summed E-state index contributed by atoms with van der Waals surface area (Å²) in [6.07, 6.45) is 2.40. The van der Waals surface area contributed by atoms with E-state index in [1.807, 2.05) is 0 Å². The molecule has 1 aromatic heterocycles. The second kappa shape index (κ2) is 3.65. The van der Waals surface area contributed by atoms with Gasteiger partial charge in [-0.05, 0) is 24.3 Å². The van der Waals surface area contributed by atoms with Gasteiger partial charge in [0.2, 0.25) is 0 Å². The topological polar surface area (TPSA) is 34.9 Å². The molecule has 2 aromatic rings. The number of aromatic nitrogens is 2. The molecule has 0 spiro atoms. The Balaban J connectivity index is 2.57. The second-order valence-electron chi connectivity index (χ2n) is 3.22. The average Bonchev–Trinajstić information content (AvgIpc) is 2.64. The molecule has 0 unspecified atom stereocenters. The monoisotopic (exact) mass is 204 g/mol. The van der Waals surface area contributed by atoms with Crippen molar-refractivity contribution >= 4 is 6.29 Å². The van der Waals surface area contributed by atoms with E-state index in [1.54, 1.807) is 30.1 Å². The van der Waals surface area contributed by atoms with Crippen LogP contribution in [0.5, 0.6) is 0 Å². The number of hydrogen-bond acceptors (Lipinski definition) is 2. The molecule has 1 heterocycles. The molecule has 4 heteroatoms. The van der Waals surface area contributed by atoms with Crippen molar-refractivity contribution in [2.24, 2.45) is 7.05 Å². The minimum Gasteiger partial charge on any atom is -0.298 e. The Morgan fingerprint density at radius 1 is 1.40 bits per heavy atom. The van der Waals surface area contributed by atoms with E-state index < -0.39 is 5.82 Å². The first-order valence-corrected chi connectivity index (χ1v) is 4.45. The van der Waals surface area contributed by atoms with Crippen LogP contribution >= 0.6 is 0 Å². The Morgan fingerprint density at radius 2 is 2.20 bits per heavy atom. The molecule has 15 heavy (non-hydrogen) atoms. The SMILES string of the molecule is Cn1ccc(-c2ccc(F)cc2C=O)n1. The first kappa shape index (κ1) is 9.58. The van der Waals surface area contributed by atoms with Gasteiger partial charge in [0.15, 0.2) is 6.29 Å². The van der Waals surface area contributed by atoms with Crippen molar-refractivity contribution in [1.82, 2.24) is 9.78 Å². The third kappa shape index (κ3) is 1.79. The number of carbonyl (C=O) groups excluding carboxylic acids is 1. The van der Waals surface area contributed by atoms with Gasteiger partial charge >= 0.3 is 0 Å². The zero-order valence-corrected chi connectivity index (χ0v) is 8.14. The van der Waals surface area contributed by atoms with Crippen molar-refractivity contribution in [2.45, 2.75) is 0 Å². The zero-order chi connectivity index (χ0) is 10.8. The second-order valence-corrected chi connectivity index (χ2v) is 3.22. The highest BCUT2D eigenvalue weighted by molar-refractivity contribution is 5.86. The lowest BCUT2D eigenvalue weighted by atomic mass is 10.1. The molecule has 0 fully saturated rings. The largest absolute Gasteiger partial charge is 0.298 e. The van der Waals surface area contributed by atoms with Gasteiger partial charge < -0.3 is 0 Å². The van der Waals surface area contributed by atoms with Gasteiger partial charge in [-0.25, -0.2) is 4.39 Å². The van der Waals surface area contributed by atoms with Gasteiger partial charge in [0.05, 0.1) is 5.69 Å². The standard InChI is InChI=1S/C11H9FN2O/c1-14-5-4-11(13-14)10-3-2-9(12)6-8(10)7-15/h2-7H,1H3. The number of carbonyl (C=O) groups is 1. The van der Waals surface area contributed by atoms with E-state index in [0.29, 0.717) is 23.1 Å². The molecule has 76 valence electrons. The molecule has 0 aliphatic heterocycles. The molecule has 0 aliphatic rings. The molecule has 3 nitrogen and oxygen atoms in total. The molecule has 0 aliphatic carbocycles. The van der Waals surface area contributed by atoms with Gasteiger partial charge in [0.1, 0.15) is 5.82 Å². The summed E-state index contributed by atoms with van der Waals surface area (Å²) < 4.78 is 14.5. The van der Waals surface area contributed by atoms with E-state index >= 15 is 0 Å². The van der Waals surface area contributed by atoms with Crippen molar-refractivity contribution in [1.29, 1.82) is 0 Å². The molecule has 0 saturated heterocycles. The van der Waals surface area contributed by atoms with Crippen LogP contribution in [-0.2, 0) is 7.05 Å². The fourth-order valence-corrected chi connectivity index (χ4v) is 1.42.